The zero-order valence-electron chi connectivity index (χ0n) is 14.6. The topological polar surface area (TPSA) is 50.7 Å². The highest BCUT2D eigenvalue weighted by Gasteiger charge is 2.05. The van der Waals surface area contributed by atoms with Gasteiger partial charge in [0.2, 0.25) is 0 Å². The van der Waals surface area contributed by atoms with Crippen molar-refractivity contribution in [2.75, 3.05) is 6.61 Å². The Morgan fingerprint density at radius 1 is 0.815 bits per heavy atom. The number of carbonyl (C=O) groups is 1. The molecule has 4 rings (SSSR count). The summed E-state index contributed by atoms with van der Waals surface area (Å²) in [6.45, 7) is -0.0963. The van der Waals surface area contributed by atoms with E-state index in [2.05, 4.69) is 10.5 Å². The Morgan fingerprint density at radius 2 is 1.44 bits per heavy atom. The lowest BCUT2D eigenvalue weighted by atomic mass is 10.1. The van der Waals surface area contributed by atoms with Crippen LogP contribution in [0.2, 0.25) is 0 Å². The van der Waals surface area contributed by atoms with Crippen LogP contribution in [0.3, 0.4) is 0 Å². The van der Waals surface area contributed by atoms with Gasteiger partial charge in [0.05, 0.1) is 6.21 Å². The second kappa shape index (κ2) is 7.70. The van der Waals surface area contributed by atoms with Gasteiger partial charge in [-0.25, -0.2) is 5.43 Å². The van der Waals surface area contributed by atoms with Crippen LogP contribution < -0.4 is 10.2 Å². The normalized spacial score (nSPS) is 11.1. The van der Waals surface area contributed by atoms with Crippen molar-refractivity contribution >= 4 is 33.7 Å². The number of fused-ring (bicyclic) bond motifs is 2. The summed E-state index contributed by atoms with van der Waals surface area (Å²) in [5.74, 6) is 0.376. The molecule has 0 aliphatic heterocycles. The molecule has 0 saturated carbocycles. The molecule has 27 heavy (non-hydrogen) atoms. The van der Waals surface area contributed by atoms with Crippen LogP contribution in [0, 0.1) is 0 Å². The third-order valence-corrected chi connectivity index (χ3v) is 4.32. The lowest BCUT2D eigenvalue weighted by molar-refractivity contribution is -0.123. The molecule has 4 nitrogen and oxygen atoms in total. The number of amides is 1. The van der Waals surface area contributed by atoms with Crippen molar-refractivity contribution in [1.29, 1.82) is 0 Å². The number of hydrogen-bond acceptors (Lipinski definition) is 3. The minimum Gasteiger partial charge on any atom is -0.483 e. The smallest absolute Gasteiger partial charge is 0.277 e. The molecule has 0 atom stereocenters. The molecule has 0 heterocycles. The van der Waals surface area contributed by atoms with Gasteiger partial charge in [0.15, 0.2) is 6.61 Å². The zero-order valence-corrected chi connectivity index (χ0v) is 14.6. The number of nitrogens with one attached hydrogen (secondary N) is 1. The highest BCUT2D eigenvalue weighted by atomic mass is 16.5. The predicted molar refractivity (Wildman–Crippen MR) is 109 cm³/mol. The first kappa shape index (κ1) is 16.8. The van der Waals surface area contributed by atoms with Crippen molar-refractivity contribution in [3.05, 3.63) is 90.5 Å². The third kappa shape index (κ3) is 3.80. The average molecular weight is 354 g/mol. The molecule has 0 aromatic heterocycles. The summed E-state index contributed by atoms with van der Waals surface area (Å²) in [7, 11) is 0. The molecule has 0 bridgehead atoms. The summed E-state index contributed by atoms with van der Waals surface area (Å²) in [4.78, 5) is 12.1. The number of rotatable bonds is 5. The molecule has 0 fully saturated rings. The van der Waals surface area contributed by atoms with Crippen molar-refractivity contribution < 1.29 is 9.53 Å². The van der Waals surface area contributed by atoms with E-state index in [1.54, 1.807) is 6.21 Å². The summed E-state index contributed by atoms with van der Waals surface area (Å²) in [5.41, 5.74) is 3.47. The molecule has 0 saturated heterocycles. The SMILES string of the molecule is O=C(COc1cccc2ccccc12)NN=Cc1cccc2ccccc12. The predicted octanol–water partition coefficient (Wildman–Crippen LogP) is 4.52. The molecule has 0 spiro atoms. The summed E-state index contributed by atoms with van der Waals surface area (Å²) in [5, 5.41) is 8.33. The molecular weight excluding hydrogens is 336 g/mol. The number of ether oxygens (including phenoxy) is 1. The van der Waals surface area contributed by atoms with Crippen LogP contribution in [0.1, 0.15) is 5.56 Å². The van der Waals surface area contributed by atoms with Gasteiger partial charge in [-0.1, -0.05) is 78.9 Å². The van der Waals surface area contributed by atoms with Crippen LogP contribution in [0.25, 0.3) is 21.5 Å². The molecule has 0 aliphatic carbocycles. The molecule has 0 aliphatic rings. The van der Waals surface area contributed by atoms with Gasteiger partial charge in [-0.05, 0) is 22.2 Å². The van der Waals surface area contributed by atoms with Crippen LogP contribution in [0.5, 0.6) is 5.75 Å². The molecule has 4 aromatic rings. The van der Waals surface area contributed by atoms with E-state index in [9.17, 15) is 4.79 Å². The highest BCUT2D eigenvalue weighted by Crippen LogP contribution is 2.24. The van der Waals surface area contributed by atoms with Crippen LogP contribution in [0.4, 0.5) is 0 Å². The molecule has 132 valence electrons. The fourth-order valence-electron chi connectivity index (χ4n) is 3.03. The number of hydrazone groups is 1. The standard InChI is InChI=1S/C23H18N2O2/c26-23(16-27-22-14-6-10-18-8-2-4-13-21(18)22)25-24-15-19-11-5-9-17-7-1-3-12-20(17)19/h1-15H,16H2,(H,25,26). The lowest BCUT2D eigenvalue weighted by Gasteiger charge is -2.08. The molecule has 4 heteroatoms. The van der Waals surface area contributed by atoms with E-state index in [0.29, 0.717) is 5.75 Å². The quantitative estimate of drug-likeness (QED) is 0.423. The van der Waals surface area contributed by atoms with Crippen molar-refractivity contribution in [3.63, 3.8) is 0 Å². The molecular formula is C23H18N2O2. The van der Waals surface area contributed by atoms with Gasteiger partial charge in [0.1, 0.15) is 5.75 Å². The molecule has 1 amide bonds. The molecule has 4 aromatic carbocycles. The van der Waals surface area contributed by atoms with Gasteiger partial charge >= 0.3 is 0 Å². The number of nitrogens with zero attached hydrogens (tertiary/aromatic N) is 1. The van der Waals surface area contributed by atoms with Crippen molar-refractivity contribution in [1.82, 2.24) is 5.43 Å². The minimum atomic E-state index is -0.306. The highest BCUT2D eigenvalue weighted by molar-refractivity contribution is 6.00. The van der Waals surface area contributed by atoms with E-state index in [-0.39, 0.29) is 12.5 Å². The first-order valence-electron chi connectivity index (χ1n) is 8.71. The maximum atomic E-state index is 12.1. The van der Waals surface area contributed by atoms with Gasteiger partial charge in [0.25, 0.3) is 5.91 Å². The van der Waals surface area contributed by atoms with E-state index >= 15 is 0 Å². The number of carbonyl (C=O) groups excluding carboxylic acids is 1. The van der Waals surface area contributed by atoms with E-state index in [4.69, 9.17) is 4.74 Å². The summed E-state index contributed by atoms with van der Waals surface area (Å²) in [6, 6.07) is 27.7. The Balaban J connectivity index is 1.40. The van der Waals surface area contributed by atoms with Gasteiger partial charge in [-0.15, -0.1) is 0 Å². The Kier molecular flexibility index (Phi) is 4.79. The summed E-state index contributed by atoms with van der Waals surface area (Å²) in [6.07, 6.45) is 1.65. The number of hydrogen-bond donors (Lipinski definition) is 1. The van der Waals surface area contributed by atoms with Crippen molar-refractivity contribution in [3.8, 4) is 5.75 Å². The second-order valence-electron chi connectivity index (χ2n) is 6.13. The van der Waals surface area contributed by atoms with Crippen molar-refractivity contribution in [2.45, 2.75) is 0 Å². The van der Waals surface area contributed by atoms with E-state index in [1.807, 2.05) is 84.9 Å². The van der Waals surface area contributed by atoms with E-state index in [0.717, 1.165) is 27.1 Å². The Morgan fingerprint density at radius 3 is 2.26 bits per heavy atom. The lowest BCUT2D eigenvalue weighted by Crippen LogP contribution is -2.24. The van der Waals surface area contributed by atoms with Gasteiger partial charge < -0.3 is 4.74 Å². The van der Waals surface area contributed by atoms with Crippen LogP contribution in [-0.4, -0.2) is 18.7 Å². The Labute approximate surface area is 157 Å². The minimum absolute atomic E-state index is 0.0963. The fourth-order valence-corrected chi connectivity index (χ4v) is 3.03. The monoisotopic (exact) mass is 354 g/mol. The Hall–Kier alpha value is -3.66. The largest absolute Gasteiger partial charge is 0.483 e. The summed E-state index contributed by atoms with van der Waals surface area (Å²) >= 11 is 0. The first-order chi connectivity index (χ1) is 13.3. The number of benzene rings is 4. The van der Waals surface area contributed by atoms with Crippen LogP contribution in [-0.2, 0) is 4.79 Å². The van der Waals surface area contributed by atoms with Crippen LogP contribution in [0.15, 0.2) is 90.0 Å². The molecule has 0 unspecified atom stereocenters. The van der Waals surface area contributed by atoms with E-state index < -0.39 is 0 Å². The third-order valence-electron chi connectivity index (χ3n) is 4.32. The summed E-state index contributed by atoms with van der Waals surface area (Å²) < 4.78 is 5.67. The van der Waals surface area contributed by atoms with Crippen LogP contribution >= 0.6 is 0 Å². The maximum absolute atomic E-state index is 12.1. The van der Waals surface area contributed by atoms with Gasteiger partial charge in [0, 0.05) is 10.9 Å². The zero-order chi connectivity index (χ0) is 18.5. The molecule has 0 radical (unpaired) electrons. The van der Waals surface area contributed by atoms with Crippen molar-refractivity contribution in [2.24, 2.45) is 5.10 Å². The second-order valence-corrected chi connectivity index (χ2v) is 6.13. The Bertz CT molecular complexity index is 1120. The maximum Gasteiger partial charge on any atom is 0.277 e. The molecule has 1 N–H and O–H groups in total. The van der Waals surface area contributed by atoms with Gasteiger partial charge in [-0.2, -0.15) is 5.10 Å². The van der Waals surface area contributed by atoms with E-state index in [1.165, 1.54) is 0 Å². The first-order valence-corrected chi connectivity index (χ1v) is 8.71. The average Bonchev–Trinajstić information content (AvgIpc) is 2.72. The van der Waals surface area contributed by atoms with Gasteiger partial charge in [-0.3, -0.25) is 4.79 Å². The fraction of sp³-hybridized carbons (Fsp3) is 0.0435.